The topological polar surface area (TPSA) is 54.5 Å². The number of carbonyl (C=O) groups is 3. The van der Waals surface area contributed by atoms with Crippen LogP contribution in [0.4, 0.5) is 0 Å². The van der Waals surface area contributed by atoms with Gasteiger partial charge in [-0.1, -0.05) is 70.5 Å². The predicted octanol–water partition coefficient (Wildman–Crippen LogP) is 3.61. The molecule has 1 aliphatic rings. The smallest absolute Gasteiger partial charge is 0.254 e. The van der Waals surface area contributed by atoms with E-state index in [1.807, 2.05) is 37.3 Å². The second-order valence-corrected chi connectivity index (χ2v) is 6.80. The first kappa shape index (κ1) is 17.3. The number of carbonyl (C=O) groups excluding carboxylic acids is 3. The van der Waals surface area contributed by atoms with Crippen LogP contribution in [-0.2, 0) is 9.59 Å². The fourth-order valence-electron chi connectivity index (χ4n) is 2.94. The van der Waals surface area contributed by atoms with Crippen LogP contribution in [0.2, 0.25) is 0 Å². The molecule has 0 radical (unpaired) electrons. The minimum Gasteiger partial charge on any atom is -0.293 e. The lowest BCUT2D eigenvalue weighted by molar-refractivity contribution is -0.139. The molecule has 5 heteroatoms. The summed E-state index contributed by atoms with van der Waals surface area (Å²) in [4.78, 5) is 37.8. The first-order valence-electron chi connectivity index (χ1n) is 7.85. The maximum Gasteiger partial charge on any atom is 0.254 e. The average Bonchev–Trinajstić information content (AvgIpc) is 2.96. The molecule has 0 aromatic heterocycles. The first-order valence-corrected chi connectivity index (χ1v) is 8.76. The molecule has 0 bridgehead atoms. The average molecular weight is 398 g/mol. The van der Waals surface area contributed by atoms with Crippen LogP contribution in [0.25, 0.3) is 0 Å². The van der Waals surface area contributed by atoms with Gasteiger partial charge in [0.25, 0.3) is 11.8 Å². The summed E-state index contributed by atoms with van der Waals surface area (Å²) in [6, 6.07) is 15.6. The van der Waals surface area contributed by atoms with Gasteiger partial charge in [-0.15, -0.1) is 0 Å². The number of nitrogens with zero attached hydrogens (tertiary/aromatic N) is 1. The SMILES string of the molecule is Cc1ccccc1[C@H]([C@@H](Br)C(=O)c1ccccc1)N1C(=O)C=CC1=O. The fraction of sp³-hybridized carbons (Fsp3) is 0.150. The van der Waals surface area contributed by atoms with Gasteiger partial charge in [0.05, 0.1) is 6.04 Å². The Kier molecular flexibility index (Phi) is 4.95. The van der Waals surface area contributed by atoms with Crippen LogP contribution in [-0.4, -0.2) is 27.3 Å². The van der Waals surface area contributed by atoms with Crippen molar-refractivity contribution in [2.75, 3.05) is 0 Å². The molecule has 0 spiro atoms. The molecule has 1 heterocycles. The Morgan fingerprint density at radius 1 is 0.920 bits per heavy atom. The highest BCUT2D eigenvalue weighted by molar-refractivity contribution is 9.10. The third-order valence-corrected chi connectivity index (χ3v) is 5.13. The largest absolute Gasteiger partial charge is 0.293 e. The molecule has 4 nitrogen and oxygen atoms in total. The van der Waals surface area contributed by atoms with Crippen molar-refractivity contribution in [3.05, 3.63) is 83.4 Å². The zero-order valence-electron chi connectivity index (χ0n) is 13.6. The van der Waals surface area contributed by atoms with E-state index in [1.54, 1.807) is 24.3 Å². The standard InChI is InChI=1S/C20H16BrNO3/c1-13-7-5-6-10-15(13)19(22-16(23)11-12-17(22)24)18(21)20(25)14-8-3-2-4-9-14/h2-12,18-19H,1H3/t18-,19-/m1/s1. The van der Waals surface area contributed by atoms with Gasteiger partial charge in [0, 0.05) is 17.7 Å². The van der Waals surface area contributed by atoms with Gasteiger partial charge in [-0.2, -0.15) is 0 Å². The zero-order chi connectivity index (χ0) is 18.0. The highest BCUT2D eigenvalue weighted by Gasteiger charge is 2.40. The second-order valence-electron chi connectivity index (χ2n) is 5.81. The molecule has 0 saturated carbocycles. The van der Waals surface area contributed by atoms with E-state index in [-0.39, 0.29) is 5.78 Å². The number of benzene rings is 2. The van der Waals surface area contributed by atoms with Crippen molar-refractivity contribution in [1.29, 1.82) is 0 Å². The molecule has 126 valence electrons. The van der Waals surface area contributed by atoms with E-state index >= 15 is 0 Å². The number of Topliss-reactive ketones (excluding diaryl/α,β-unsaturated/α-hetero) is 1. The molecule has 2 atom stereocenters. The Hall–Kier alpha value is -2.53. The van der Waals surface area contributed by atoms with Gasteiger partial charge in [0.2, 0.25) is 0 Å². The number of alkyl halides is 1. The third-order valence-electron chi connectivity index (χ3n) is 4.21. The van der Waals surface area contributed by atoms with Crippen LogP contribution in [0.5, 0.6) is 0 Å². The van der Waals surface area contributed by atoms with Crippen LogP contribution in [0.3, 0.4) is 0 Å². The number of ketones is 1. The highest BCUT2D eigenvalue weighted by atomic mass is 79.9. The van der Waals surface area contributed by atoms with Crippen LogP contribution < -0.4 is 0 Å². The predicted molar refractivity (Wildman–Crippen MR) is 98.4 cm³/mol. The van der Waals surface area contributed by atoms with Crippen LogP contribution >= 0.6 is 15.9 Å². The molecular weight excluding hydrogens is 382 g/mol. The summed E-state index contributed by atoms with van der Waals surface area (Å²) in [5.74, 6) is -1.01. The number of hydrogen-bond acceptors (Lipinski definition) is 3. The van der Waals surface area contributed by atoms with Crippen molar-refractivity contribution in [1.82, 2.24) is 4.90 Å². The van der Waals surface area contributed by atoms with Crippen molar-refractivity contribution in [3.63, 3.8) is 0 Å². The van der Waals surface area contributed by atoms with E-state index in [4.69, 9.17) is 0 Å². The van der Waals surface area contributed by atoms with Gasteiger partial charge in [-0.25, -0.2) is 0 Å². The molecule has 2 aromatic carbocycles. The lowest BCUT2D eigenvalue weighted by atomic mass is 9.93. The molecule has 1 aliphatic heterocycles. The zero-order valence-corrected chi connectivity index (χ0v) is 15.1. The van der Waals surface area contributed by atoms with Crippen molar-refractivity contribution < 1.29 is 14.4 Å². The fourth-order valence-corrected chi connectivity index (χ4v) is 3.72. The summed E-state index contributed by atoms with van der Waals surface area (Å²) in [6.07, 6.45) is 2.47. The molecular formula is C20H16BrNO3. The molecule has 0 saturated heterocycles. The molecule has 0 N–H and O–H groups in total. The van der Waals surface area contributed by atoms with Crippen LogP contribution in [0.15, 0.2) is 66.7 Å². The van der Waals surface area contributed by atoms with E-state index < -0.39 is 22.7 Å². The Labute approximate surface area is 154 Å². The van der Waals surface area contributed by atoms with E-state index in [0.717, 1.165) is 16.0 Å². The molecule has 0 unspecified atom stereocenters. The van der Waals surface area contributed by atoms with Crippen LogP contribution in [0, 0.1) is 6.92 Å². The van der Waals surface area contributed by atoms with Crippen LogP contribution in [0.1, 0.15) is 27.5 Å². The van der Waals surface area contributed by atoms with E-state index in [9.17, 15) is 14.4 Å². The summed E-state index contributed by atoms with van der Waals surface area (Å²) in [5.41, 5.74) is 2.19. The number of rotatable bonds is 5. The molecule has 2 amide bonds. The van der Waals surface area contributed by atoms with E-state index in [1.165, 1.54) is 12.2 Å². The van der Waals surface area contributed by atoms with Crippen molar-refractivity contribution in [2.45, 2.75) is 17.8 Å². The maximum atomic E-state index is 12.9. The second kappa shape index (κ2) is 7.15. The Morgan fingerprint density at radius 3 is 2.08 bits per heavy atom. The minimum absolute atomic E-state index is 0.179. The number of aryl methyl sites for hydroxylation is 1. The summed E-state index contributed by atoms with van der Waals surface area (Å²) >= 11 is 3.46. The van der Waals surface area contributed by atoms with Crippen molar-refractivity contribution >= 4 is 33.5 Å². The van der Waals surface area contributed by atoms with Crippen molar-refractivity contribution in [2.24, 2.45) is 0 Å². The van der Waals surface area contributed by atoms with Gasteiger partial charge >= 0.3 is 0 Å². The quantitative estimate of drug-likeness (QED) is 0.439. The van der Waals surface area contributed by atoms with Gasteiger partial charge in [-0.3, -0.25) is 19.3 Å². The minimum atomic E-state index is -0.746. The molecule has 25 heavy (non-hydrogen) atoms. The molecule has 3 rings (SSSR count). The van der Waals surface area contributed by atoms with E-state index in [2.05, 4.69) is 15.9 Å². The number of halogens is 1. The molecule has 0 fully saturated rings. The monoisotopic (exact) mass is 397 g/mol. The Morgan fingerprint density at radius 2 is 1.48 bits per heavy atom. The first-order chi connectivity index (χ1) is 12.0. The summed E-state index contributed by atoms with van der Waals surface area (Å²) < 4.78 is 0. The lowest BCUT2D eigenvalue weighted by Gasteiger charge is -2.31. The normalized spacial score (nSPS) is 16.2. The Bertz CT molecular complexity index is 842. The Balaban J connectivity index is 2.05. The summed E-state index contributed by atoms with van der Waals surface area (Å²) in [5, 5.41) is 0. The van der Waals surface area contributed by atoms with Gasteiger partial charge in [-0.05, 0) is 18.1 Å². The lowest BCUT2D eigenvalue weighted by Crippen LogP contribution is -2.41. The highest BCUT2D eigenvalue weighted by Crippen LogP contribution is 2.35. The summed E-state index contributed by atoms with van der Waals surface area (Å²) in [7, 11) is 0. The van der Waals surface area contributed by atoms with E-state index in [0.29, 0.717) is 5.56 Å². The number of amides is 2. The van der Waals surface area contributed by atoms with Gasteiger partial charge in [0.15, 0.2) is 5.78 Å². The summed E-state index contributed by atoms with van der Waals surface area (Å²) in [6.45, 7) is 1.90. The number of hydrogen-bond donors (Lipinski definition) is 0. The van der Waals surface area contributed by atoms with Gasteiger partial charge < -0.3 is 0 Å². The third kappa shape index (κ3) is 3.33. The maximum absolute atomic E-state index is 12.9. The van der Waals surface area contributed by atoms with Crippen molar-refractivity contribution in [3.8, 4) is 0 Å². The van der Waals surface area contributed by atoms with Gasteiger partial charge in [0.1, 0.15) is 4.83 Å². The molecule has 2 aromatic rings. The number of imide groups is 1. The molecule has 0 aliphatic carbocycles.